The first kappa shape index (κ1) is 25.2. The number of hydrogen-bond donors (Lipinski definition) is 0. The Morgan fingerprint density at radius 3 is 2.15 bits per heavy atom. The van der Waals surface area contributed by atoms with Crippen LogP contribution >= 0.6 is 0 Å². The fraction of sp³-hybridized carbons (Fsp3) is 0.438. The molecule has 7 rings (SSSR count). The highest BCUT2D eigenvalue weighted by Gasteiger charge is 2.50. The topological polar surface area (TPSA) is 80.0 Å². The summed E-state index contributed by atoms with van der Waals surface area (Å²) < 4.78 is 7.40. The Balaban J connectivity index is 1.12. The third-order valence-electron chi connectivity index (χ3n) is 8.90. The van der Waals surface area contributed by atoms with Crippen LogP contribution < -0.4 is 0 Å². The molecule has 3 aliphatic heterocycles. The minimum atomic E-state index is -0.726. The number of benzene rings is 2. The highest BCUT2D eigenvalue weighted by molar-refractivity contribution is 6.15. The minimum Gasteiger partial charge on any atom is -0.381 e. The van der Waals surface area contributed by atoms with E-state index in [2.05, 4.69) is 53.6 Å². The van der Waals surface area contributed by atoms with Crippen molar-refractivity contribution in [1.29, 1.82) is 0 Å². The number of carbonyl (C=O) groups is 2. The van der Waals surface area contributed by atoms with E-state index in [0.717, 1.165) is 66.0 Å². The van der Waals surface area contributed by atoms with Gasteiger partial charge >= 0.3 is 0 Å². The summed E-state index contributed by atoms with van der Waals surface area (Å²) in [6, 6.07) is 16.9. The van der Waals surface area contributed by atoms with Crippen LogP contribution in [0.15, 0.2) is 65.9 Å². The monoisotopic (exact) mass is 537 g/mol. The molecule has 1 atom stereocenters. The fourth-order valence-electron chi connectivity index (χ4n) is 6.35. The van der Waals surface area contributed by atoms with Gasteiger partial charge in [-0.15, -0.1) is 0 Å². The second-order valence-electron chi connectivity index (χ2n) is 11.8. The summed E-state index contributed by atoms with van der Waals surface area (Å²) in [7, 11) is 1.92. The van der Waals surface area contributed by atoms with E-state index in [1.165, 1.54) is 0 Å². The van der Waals surface area contributed by atoms with E-state index >= 15 is 0 Å². The number of aryl methyl sites for hydroxylation is 1. The number of likely N-dealkylation sites (tertiary alicyclic amines) is 1. The first-order chi connectivity index (χ1) is 19.5. The SMILES string of the molecule is Cn1cc(-c2ccc(-c3ccc(C4=NC5(CCOCC5)C(=O)N4C[C@@H]4CCN(C(=O)C5CC5)C4)cc3)cc2)cn1. The number of aliphatic imine (C=N–C) groups is 1. The normalized spacial score (nSPS) is 22.3. The first-order valence-corrected chi connectivity index (χ1v) is 14.5. The fourth-order valence-corrected chi connectivity index (χ4v) is 6.35. The highest BCUT2D eigenvalue weighted by atomic mass is 16.5. The molecule has 4 aliphatic rings. The Morgan fingerprint density at radius 2 is 1.55 bits per heavy atom. The molecule has 8 heteroatoms. The van der Waals surface area contributed by atoms with Gasteiger partial charge < -0.3 is 9.64 Å². The summed E-state index contributed by atoms with van der Waals surface area (Å²) in [5.41, 5.74) is 4.70. The average Bonchev–Trinajstić information content (AvgIpc) is 3.49. The number of amidine groups is 1. The van der Waals surface area contributed by atoms with Gasteiger partial charge in [0.15, 0.2) is 0 Å². The maximum Gasteiger partial charge on any atom is 0.256 e. The Morgan fingerprint density at radius 1 is 0.925 bits per heavy atom. The zero-order chi connectivity index (χ0) is 27.3. The van der Waals surface area contributed by atoms with E-state index in [1.54, 1.807) is 0 Å². The number of rotatable bonds is 6. The standard InChI is InChI=1S/C32H35N5O3/c1-35-21-28(18-33-35)25-4-2-23(3-5-25)24-6-8-26(9-7-24)29-34-32(13-16-40-17-14-32)31(39)37(29)20-22-12-15-36(19-22)30(38)27-10-11-27/h2-9,18,21-22,27H,10-17,19-20H2,1H3/t22-/m1/s1. The van der Waals surface area contributed by atoms with Crippen molar-refractivity contribution in [2.24, 2.45) is 23.9 Å². The molecular weight excluding hydrogens is 502 g/mol. The molecule has 0 bridgehead atoms. The smallest absolute Gasteiger partial charge is 0.256 e. The van der Waals surface area contributed by atoms with Crippen LogP contribution in [0.5, 0.6) is 0 Å². The molecule has 0 unspecified atom stereocenters. The van der Waals surface area contributed by atoms with Crippen molar-refractivity contribution >= 4 is 17.6 Å². The Labute approximate surface area is 234 Å². The van der Waals surface area contributed by atoms with Gasteiger partial charge in [0.2, 0.25) is 5.91 Å². The quantitative estimate of drug-likeness (QED) is 0.473. The molecule has 2 saturated heterocycles. The van der Waals surface area contributed by atoms with Gasteiger partial charge in [-0.05, 0) is 41.9 Å². The molecule has 8 nitrogen and oxygen atoms in total. The van der Waals surface area contributed by atoms with E-state index in [9.17, 15) is 9.59 Å². The molecule has 40 heavy (non-hydrogen) atoms. The highest BCUT2D eigenvalue weighted by Crippen LogP contribution is 2.37. The lowest BCUT2D eigenvalue weighted by atomic mass is 9.90. The second-order valence-corrected chi connectivity index (χ2v) is 11.8. The van der Waals surface area contributed by atoms with E-state index in [4.69, 9.17) is 9.73 Å². The van der Waals surface area contributed by atoms with Crippen LogP contribution in [-0.2, 0) is 21.4 Å². The third-order valence-corrected chi connectivity index (χ3v) is 8.90. The summed E-state index contributed by atoms with van der Waals surface area (Å²) in [5.74, 6) is 1.66. The van der Waals surface area contributed by atoms with Crippen LogP contribution in [0.4, 0.5) is 0 Å². The molecule has 1 spiro atoms. The lowest BCUT2D eigenvalue weighted by Crippen LogP contribution is -2.47. The molecule has 1 aliphatic carbocycles. The van der Waals surface area contributed by atoms with Crippen molar-refractivity contribution in [3.05, 3.63) is 66.5 Å². The van der Waals surface area contributed by atoms with Crippen molar-refractivity contribution in [2.75, 3.05) is 32.8 Å². The van der Waals surface area contributed by atoms with Gasteiger partial charge in [0.05, 0.1) is 6.20 Å². The van der Waals surface area contributed by atoms with Gasteiger partial charge in [-0.25, -0.2) is 0 Å². The maximum absolute atomic E-state index is 13.9. The van der Waals surface area contributed by atoms with Crippen LogP contribution in [0.25, 0.3) is 22.3 Å². The average molecular weight is 538 g/mol. The molecule has 0 N–H and O–H groups in total. The molecule has 4 heterocycles. The van der Waals surface area contributed by atoms with Gasteiger partial charge in [-0.2, -0.15) is 5.10 Å². The molecule has 2 aromatic carbocycles. The number of nitrogens with zero attached hydrogens (tertiary/aromatic N) is 5. The van der Waals surface area contributed by atoms with Crippen molar-refractivity contribution < 1.29 is 14.3 Å². The summed E-state index contributed by atoms with van der Waals surface area (Å²) in [6.45, 7) is 3.24. The van der Waals surface area contributed by atoms with Crippen molar-refractivity contribution in [3.8, 4) is 22.3 Å². The molecule has 2 amide bonds. The molecule has 1 saturated carbocycles. The predicted molar refractivity (Wildman–Crippen MR) is 153 cm³/mol. The summed E-state index contributed by atoms with van der Waals surface area (Å²) in [5, 5.41) is 4.27. The van der Waals surface area contributed by atoms with Gasteiger partial charge in [0.25, 0.3) is 5.91 Å². The lowest BCUT2D eigenvalue weighted by molar-refractivity contribution is -0.134. The van der Waals surface area contributed by atoms with Crippen LogP contribution in [0.1, 0.15) is 37.7 Å². The van der Waals surface area contributed by atoms with Gasteiger partial charge in [-0.1, -0.05) is 48.5 Å². The van der Waals surface area contributed by atoms with Crippen molar-refractivity contribution in [2.45, 2.75) is 37.6 Å². The van der Waals surface area contributed by atoms with Crippen LogP contribution in [0, 0.1) is 11.8 Å². The van der Waals surface area contributed by atoms with E-state index in [1.807, 2.05) is 33.9 Å². The predicted octanol–water partition coefficient (Wildman–Crippen LogP) is 4.15. The molecule has 1 aromatic heterocycles. The summed E-state index contributed by atoms with van der Waals surface area (Å²) in [6.07, 6.45) is 8.10. The zero-order valence-electron chi connectivity index (χ0n) is 23.0. The Hall–Kier alpha value is -3.78. The second kappa shape index (κ2) is 10.0. The first-order valence-electron chi connectivity index (χ1n) is 14.5. The maximum atomic E-state index is 13.9. The molecule has 3 fully saturated rings. The van der Waals surface area contributed by atoms with Crippen LogP contribution in [0.2, 0.25) is 0 Å². The van der Waals surface area contributed by atoms with Gasteiger partial charge in [-0.3, -0.25) is 24.2 Å². The number of amides is 2. The van der Waals surface area contributed by atoms with Crippen molar-refractivity contribution in [3.63, 3.8) is 0 Å². The summed E-state index contributed by atoms with van der Waals surface area (Å²) in [4.78, 5) is 35.6. The lowest BCUT2D eigenvalue weighted by Gasteiger charge is -2.30. The third kappa shape index (κ3) is 4.64. The number of ether oxygens (including phenoxy) is 1. The number of carbonyl (C=O) groups excluding carboxylic acids is 2. The van der Waals surface area contributed by atoms with Crippen molar-refractivity contribution in [1.82, 2.24) is 19.6 Å². The van der Waals surface area contributed by atoms with E-state index < -0.39 is 5.54 Å². The Bertz CT molecular complexity index is 1450. The minimum absolute atomic E-state index is 0.0906. The molecule has 3 aromatic rings. The molecular formula is C32H35N5O3. The van der Waals surface area contributed by atoms with Crippen LogP contribution in [-0.4, -0.2) is 75.6 Å². The largest absolute Gasteiger partial charge is 0.381 e. The van der Waals surface area contributed by atoms with E-state index in [0.29, 0.717) is 38.5 Å². The number of hydrogen-bond acceptors (Lipinski definition) is 5. The van der Waals surface area contributed by atoms with E-state index in [-0.39, 0.29) is 17.7 Å². The number of aromatic nitrogens is 2. The van der Waals surface area contributed by atoms with Crippen LogP contribution in [0.3, 0.4) is 0 Å². The molecule has 0 radical (unpaired) electrons. The Kier molecular flexibility index (Phi) is 6.30. The summed E-state index contributed by atoms with van der Waals surface area (Å²) >= 11 is 0. The zero-order valence-corrected chi connectivity index (χ0v) is 23.0. The molecule has 206 valence electrons. The van der Waals surface area contributed by atoms with Gasteiger partial charge in [0.1, 0.15) is 11.4 Å². The van der Waals surface area contributed by atoms with Gasteiger partial charge in [0, 0.05) is 76.0 Å².